The van der Waals surface area contributed by atoms with Crippen LogP contribution < -0.4 is 15.8 Å². The Bertz CT molecular complexity index is 875. The number of amides is 1. The zero-order valence-electron chi connectivity index (χ0n) is 12.8. The Morgan fingerprint density at radius 3 is 2.62 bits per heavy atom. The number of nitrogens with zero attached hydrogens (tertiary/aromatic N) is 1. The lowest BCUT2D eigenvalue weighted by atomic mass is 10.1. The van der Waals surface area contributed by atoms with Crippen molar-refractivity contribution in [1.29, 1.82) is 0 Å². The molecule has 0 bridgehead atoms. The number of aryl methyl sites for hydroxylation is 1. The highest BCUT2D eigenvalue weighted by atomic mass is 79.9. The number of primary amides is 1. The maximum Gasteiger partial charge on any atom is 0.409 e. The van der Waals surface area contributed by atoms with Crippen molar-refractivity contribution in [3.8, 4) is 17.0 Å². The minimum atomic E-state index is -0.832. The van der Waals surface area contributed by atoms with E-state index >= 15 is 0 Å². The molecule has 0 aliphatic carbocycles. The van der Waals surface area contributed by atoms with E-state index in [0.29, 0.717) is 11.6 Å². The number of aromatic nitrogens is 2. The lowest BCUT2D eigenvalue weighted by Crippen LogP contribution is -2.16. The molecular formula is C17H15BrN4O2. The minimum absolute atomic E-state index is 0.406. The molecule has 6 nitrogen and oxygen atoms in total. The number of benzene rings is 2. The molecule has 1 heterocycles. The SMILES string of the molecule is Cc1cc(OC(N)=O)ccc1Nc1cc(-c2ccc(Br)cc2)[nH]n1. The zero-order chi connectivity index (χ0) is 17.1. The molecule has 3 aromatic rings. The molecule has 0 fully saturated rings. The van der Waals surface area contributed by atoms with Gasteiger partial charge in [0.2, 0.25) is 0 Å². The van der Waals surface area contributed by atoms with Crippen molar-refractivity contribution in [2.45, 2.75) is 6.92 Å². The van der Waals surface area contributed by atoms with Crippen LogP contribution in [0.4, 0.5) is 16.3 Å². The average Bonchev–Trinajstić information content (AvgIpc) is 2.99. The van der Waals surface area contributed by atoms with Gasteiger partial charge in [0.15, 0.2) is 5.82 Å². The summed E-state index contributed by atoms with van der Waals surface area (Å²) in [7, 11) is 0. The van der Waals surface area contributed by atoms with Gasteiger partial charge in [-0.3, -0.25) is 5.10 Å². The lowest BCUT2D eigenvalue weighted by molar-refractivity contribution is 0.211. The van der Waals surface area contributed by atoms with Crippen LogP contribution in [0.3, 0.4) is 0 Å². The fourth-order valence-electron chi connectivity index (χ4n) is 2.26. The van der Waals surface area contributed by atoms with Crippen LogP contribution in [0.1, 0.15) is 5.56 Å². The van der Waals surface area contributed by atoms with Crippen LogP contribution in [0.25, 0.3) is 11.3 Å². The fraction of sp³-hybridized carbons (Fsp3) is 0.0588. The van der Waals surface area contributed by atoms with Gasteiger partial charge in [-0.05, 0) is 48.4 Å². The molecule has 1 amide bonds. The van der Waals surface area contributed by atoms with Crippen LogP contribution in [-0.4, -0.2) is 16.3 Å². The van der Waals surface area contributed by atoms with E-state index in [9.17, 15) is 4.79 Å². The molecular weight excluding hydrogens is 372 g/mol. The van der Waals surface area contributed by atoms with E-state index in [4.69, 9.17) is 10.5 Å². The number of nitrogens with two attached hydrogens (primary N) is 1. The molecule has 0 saturated heterocycles. The number of hydrogen-bond acceptors (Lipinski definition) is 4. The number of ether oxygens (including phenoxy) is 1. The number of hydrogen-bond donors (Lipinski definition) is 3. The van der Waals surface area contributed by atoms with Crippen molar-refractivity contribution in [2.24, 2.45) is 5.73 Å². The van der Waals surface area contributed by atoms with Gasteiger partial charge in [-0.25, -0.2) is 4.79 Å². The number of H-pyrrole nitrogens is 1. The third-order valence-corrected chi connectivity index (χ3v) is 3.94. The van der Waals surface area contributed by atoms with Crippen LogP contribution >= 0.6 is 15.9 Å². The Hall–Kier alpha value is -2.80. The summed E-state index contributed by atoms with van der Waals surface area (Å²) >= 11 is 3.42. The quantitative estimate of drug-likeness (QED) is 0.621. The summed E-state index contributed by atoms with van der Waals surface area (Å²) in [4.78, 5) is 10.8. The van der Waals surface area contributed by atoms with Crippen LogP contribution in [0.2, 0.25) is 0 Å². The van der Waals surface area contributed by atoms with Crippen molar-refractivity contribution in [3.05, 3.63) is 58.6 Å². The molecule has 122 valence electrons. The molecule has 0 saturated carbocycles. The number of aromatic amines is 1. The first-order valence-corrected chi connectivity index (χ1v) is 7.97. The zero-order valence-corrected chi connectivity index (χ0v) is 14.4. The van der Waals surface area contributed by atoms with Crippen molar-refractivity contribution >= 4 is 33.5 Å². The number of carbonyl (C=O) groups is 1. The van der Waals surface area contributed by atoms with Gasteiger partial charge in [0.1, 0.15) is 5.75 Å². The summed E-state index contributed by atoms with van der Waals surface area (Å²) in [5.41, 5.74) is 8.73. The highest BCUT2D eigenvalue weighted by Crippen LogP contribution is 2.26. The van der Waals surface area contributed by atoms with Crippen LogP contribution in [0, 0.1) is 6.92 Å². The van der Waals surface area contributed by atoms with Gasteiger partial charge in [-0.1, -0.05) is 28.1 Å². The fourth-order valence-corrected chi connectivity index (χ4v) is 2.52. The molecule has 4 N–H and O–H groups in total. The third-order valence-electron chi connectivity index (χ3n) is 3.41. The van der Waals surface area contributed by atoms with Crippen LogP contribution in [-0.2, 0) is 0 Å². The minimum Gasteiger partial charge on any atom is -0.410 e. The van der Waals surface area contributed by atoms with E-state index in [1.165, 1.54) is 0 Å². The predicted molar refractivity (Wildman–Crippen MR) is 96.4 cm³/mol. The lowest BCUT2D eigenvalue weighted by Gasteiger charge is -2.08. The van der Waals surface area contributed by atoms with Crippen molar-refractivity contribution in [1.82, 2.24) is 10.2 Å². The number of carbonyl (C=O) groups excluding carboxylic acids is 1. The average molecular weight is 387 g/mol. The summed E-state index contributed by atoms with van der Waals surface area (Å²) in [6, 6.07) is 15.1. The topological polar surface area (TPSA) is 93.0 Å². The van der Waals surface area contributed by atoms with Gasteiger partial charge in [0.05, 0.1) is 5.69 Å². The second-order valence-electron chi connectivity index (χ2n) is 5.20. The monoisotopic (exact) mass is 386 g/mol. The predicted octanol–water partition coefficient (Wildman–Crippen LogP) is 4.35. The van der Waals surface area contributed by atoms with E-state index in [-0.39, 0.29) is 0 Å². The molecule has 3 rings (SSSR count). The molecule has 1 aromatic heterocycles. The summed E-state index contributed by atoms with van der Waals surface area (Å²) in [6.45, 7) is 1.90. The molecule has 24 heavy (non-hydrogen) atoms. The highest BCUT2D eigenvalue weighted by molar-refractivity contribution is 9.10. The summed E-state index contributed by atoms with van der Waals surface area (Å²) < 4.78 is 5.88. The van der Waals surface area contributed by atoms with Gasteiger partial charge < -0.3 is 15.8 Å². The standard InChI is InChI=1S/C17H15BrN4O2/c1-10-8-13(24-17(19)23)6-7-14(10)20-16-9-15(21-22-16)11-2-4-12(18)5-3-11/h2-9H,1H3,(H2,19,23)(H2,20,21,22). The molecule has 2 aromatic carbocycles. The van der Waals surface area contributed by atoms with E-state index in [1.54, 1.807) is 12.1 Å². The van der Waals surface area contributed by atoms with Crippen LogP contribution in [0.15, 0.2) is 53.0 Å². The first-order chi connectivity index (χ1) is 11.5. The van der Waals surface area contributed by atoms with E-state index < -0.39 is 6.09 Å². The molecule has 0 spiro atoms. The summed E-state index contributed by atoms with van der Waals surface area (Å²) in [6.07, 6.45) is -0.832. The smallest absolute Gasteiger partial charge is 0.409 e. The maximum absolute atomic E-state index is 10.8. The Kier molecular flexibility index (Phi) is 4.52. The normalized spacial score (nSPS) is 10.4. The molecule has 0 aliphatic rings. The van der Waals surface area contributed by atoms with Crippen LogP contribution in [0.5, 0.6) is 5.75 Å². The molecule has 0 aliphatic heterocycles. The Balaban J connectivity index is 1.77. The third kappa shape index (κ3) is 3.75. The van der Waals surface area contributed by atoms with E-state index in [1.807, 2.05) is 43.3 Å². The van der Waals surface area contributed by atoms with Gasteiger partial charge in [0.25, 0.3) is 0 Å². The van der Waals surface area contributed by atoms with E-state index in [2.05, 4.69) is 31.4 Å². The number of halogens is 1. The molecule has 0 radical (unpaired) electrons. The molecule has 0 atom stereocenters. The second kappa shape index (κ2) is 6.76. The van der Waals surface area contributed by atoms with Crippen molar-refractivity contribution < 1.29 is 9.53 Å². The Morgan fingerprint density at radius 2 is 1.96 bits per heavy atom. The van der Waals surface area contributed by atoms with Crippen molar-refractivity contribution in [2.75, 3.05) is 5.32 Å². The maximum atomic E-state index is 10.8. The highest BCUT2D eigenvalue weighted by Gasteiger charge is 2.07. The largest absolute Gasteiger partial charge is 0.410 e. The molecule has 7 heteroatoms. The number of nitrogens with one attached hydrogen (secondary N) is 2. The Labute approximate surface area is 147 Å². The number of anilines is 2. The van der Waals surface area contributed by atoms with Gasteiger partial charge in [-0.2, -0.15) is 5.10 Å². The van der Waals surface area contributed by atoms with Gasteiger partial charge >= 0.3 is 6.09 Å². The van der Waals surface area contributed by atoms with Crippen molar-refractivity contribution in [3.63, 3.8) is 0 Å². The molecule has 0 unspecified atom stereocenters. The summed E-state index contributed by atoms with van der Waals surface area (Å²) in [5.74, 6) is 1.10. The van der Waals surface area contributed by atoms with E-state index in [0.717, 1.165) is 27.0 Å². The second-order valence-corrected chi connectivity index (χ2v) is 6.11. The first-order valence-electron chi connectivity index (χ1n) is 7.17. The number of rotatable bonds is 4. The summed E-state index contributed by atoms with van der Waals surface area (Å²) in [5, 5.41) is 10.5. The van der Waals surface area contributed by atoms with Gasteiger partial charge in [-0.15, -0.1) is 0 Å². The Morgan fingerprint density at radius 1 is 1.21 bits per heavy atom. The van der Waals surface area contributed by atoms with Gasteiger partial charge in [0, 0.05) is 16.2 Å². The first kappa shape index (κ1) is 16.1.